The Kier molecular flexibility index (Phi) is 7.58. The minimum Gasteiger partial charge on any atom is -0.480 e. The van der Waals surface area contributed by atoms with Crippen LogP contribution in [0.2, 0.25) is 0 Å². The van der Waals surface area contributed by atoms with Gasteiger partial charge in [-0.05, 0) is 35.1 Å². The molecule has 5 nitrogen and oxygen atoms in total. The first kappa shape index (κ1) is 16.9. The Morgan fingerprint density at radius 3 is 2.50 bits per heavy atom. The molecule has 7 heteroatoms. The minimum absolute atomic E-state index is 0. The number of benzene rings is 1. The Labute approximate surface area is 120 Å². The number of likely N-dealkylation sites (N-methyl/N-ethyl adjacent to an activating group) is 1. The van der Waals surface area contributed by atoms with Gasteiger partial charge in [-0.1, -0.05) is 12.1 Å². The van der Waals surface area contributed by atoms with Crippen LogP contribution in [0.3, 0.4) is 0 Å². The Bertz CT molecular complexity index is 429. The van der Waals surface area contributed by atoms with Crippen molar-refractivity contribution in [3.05, 3.63) is 28.7 Å². The number of carbonyl (C=O) groups excluding carboxylic acids is 1. The molecule has 0 saturated carbocycles. The van der Waals surface area contributed by atoms with Crippen LogP contribution in [0, 0.1) is 0 Å². The van der Waals surface area contributed by atoms with Crippen LogP contribution in [-0.4, -0.2) is 42.0 Å². The maximum atomic E-state index is 11.6. The zero-order chi connectivity index (χ0) is 12.8. The predicted octanol–water partition coefficient (Wildman–Crippen LogP) is 1.83. The number of carboxylic acids is 1. The monoisotopic (exact) mass is 336 g/mol. The third-order valence-electron chi connectivity index (χ3n) is 1.97. The normalized spacial score (nSPS) is 9.72. The van der Waals surface area contributed by atoms with Gasteiger partial charge in [0.25, 0.3) is 0 Å². The molecule has 0 heterocycles. The highest BCUT2D eigenvalue weighted by atomic mass is 79.9. The second-order valence-corrected chi connectivity index (χ2v) is 4.45. The Hall–Kier alpha value is -1.11. The summed E-state index contributed by atoms with van der Waals surface area (Å²) in [5, 5.41) is 11.2. The van der Waals surface area contributed by atoms with Crippen molar-refractivity contribution in [2.45, 2.75) is 0 Å². The lowest BCUT2D eigenvalue weighted by Gasteiger charge is -2.14. The smallest absolute Gasteiger partial charge is 0.317 e. The molecule has 100 valence electrons. The number of aliphatic carboxylic acids is 1. The van der Waals surface area contributed by atoms with Crippen molar-refractivity contribution in [2.75, 3.05) is 25.5 Å². The molecule has 0 aromatic heterocycles. The lowest BCUT2D eigenvalue weighted by Crippen LogP contribution is -2.33. The highest BCUT2D eigenvalue weighted by Gasteiger charge is 2.10. The summed E-state index contributed by atoms with van der Waals surface area (Å²) in [5.74, 6) is -1.21. The Morgan fingerprint density at radius 2 is 1.94 bits per heavy atom. The largest absolute Gasteiger partial charge is 0.480 e. The zero-order valence-corrected chi connectivity index (χ0v) is 12.1. The molecule has 0 fully saturated rings. The van der Waals surface area contributed by atoms with Gasteiger partial charge in [-0.3, -0.25) is 14.5 Å². The third-order valence-corrected chi connectivity index (χ3v) is 2.66. The van der Waals surface area contributed by atoms with E-state index in [1.807, 2.05) is 12.1 Å². The molecule has 0 radical (unpaired) electrons. The molecule has 0 unspecified atom stereocenters. The first-order valence-corrected chi connectivity index (χ1v) is 5.73. The van der Waals surface area contributed by atoms with E-state index in [0.717, 1.165) is 4.47 Å². The van der Waals surface area contributed by atoms with Crippen LogP contribution in [0.4, 0.5) is 5.69 Å². The maximum absolute atomic E-state index is 11.6. The molecule has 1 aromatic carbocycles. The molecule has 0 atom stereocenters. The molecular weight excluding hydrogens is 323 g/mol. The molecule has 0 aliphatic carbocycles. The number of nitrogens with one attached hydrogen (secondary N) is 1. The van der Waals surface area contributed by atoms with Crippen LogP contribution in [0.25, 0.3) is 0 Å². The number of nitrogens with zero attached hydrogens (tertiary/aromatic N) is 1. The van der Waals surface area contributed by atoms with Gasteiger partial charge in [0, 0.05) is 4.47 Å². The Balaban J connectivity index is 0.00000289. The summed E-state index contributed by atoms with van der Waals surface area (Å²) in [4.78, 5) is 23.4. The van der Waals surface area contributed by atoms with Gasteiger partial charge >= 0.3 is 5.97 Å². The first-order chi connectivity index (χ1) is 7.99. The van der Waals surface area contributed by atoms with Crippen LogP contribution in [-0.2, 0) is 9.59 Å². The van der Waals surface area contributed by atoms with Gasteiger partial charge in [-0.15, -0.1) is 12.4 Å². The molecular formula is C11H14BrClN2O3. The van der Waals surface area contributed by atoms with Crippen LogP contribution < -0.4 is 5.32 Å². The standard InChI is InChI=1S/C11H13BrN2O3.ClH/c1-14(7-11(16)17)6-10(15)13-9-5-3-2-4-8(9)12;/h2-5H,6-7H2,1H3,(H,13,15)(H,16,17);1H. The van der Waals surface area contributed by atoms with E-state index in [0.29, 0.717) is 5.69 Å². The summed E-state index contributed by atoms with van der Waals surface area (Å²) >= 11 is 3.31. The van der Waals surface area contributed by atoms with E-state index in [1.54, 1.807) is 19.2 Å². The van der Waals surface area contributed by atoms with E-state index >= 15 is 0 Å². The van der Waals surface area contributed by atoms with Crippen LogP contribution in [0.1, 0.15) is 0 Å². The van der Waals surface area contributed by atoms with E-state index in [2.05, 4.69) is 21.2 Å². The highest BCUT2D eigenvalue weighted by Crippen LogP contribution is 2.20. The molecule has 0 saturated heterocycles. The second-order valence-electron chi connectivity index (χ2n) is 3.59. The fourth-order valence-corrected chi connectivity index (χ4v) is 1.67. The summed E-state index contributed by atoms with van der Waals surface area (Å²) in [7, 11) is 1.58. The van der Waals surface area contributed by atoms with Gasteiger partial charge < -0.3 is 10.4 Å². The number of halogens is 2. The number of hydrogen-bond donors (Lipinski definition) is 2. The average Bonchev–Trinajstić information content (AvgIpc) is 2.19. The van der Waals surface area contributed by atoms with Crippen molar-refractivity contribution in [3.63, 3.8) is 0 Å². The van der Waals surface area contributed by atoms with Crippen molar-refractivity contribution >= 4 is 45.9 Å². The Morgan fingerprint density at radius 1 is 1.33 bits per heavy atom. The summed E-state index contributed by atoms with van der Waals surface area (Å²) in [5.41, 5.74) is 0.668. The lowest BCUT2D eigenvalue weighted by molar-refractivity contribution is -0.138. The molecule has 1 amide bonds. The molecule has 18 heavy (non-hydrogen) atoms. The number of carboxylic acid groups (broad SMARTS) is 1. The number of para-hydroxylation sites is 1. The molecule has 1 rings (SSSR count). The van der Waals surface area contributed by atoms with E-state index in [9.17, 15) is 9.59 Å². The number of anilines is 1. The third kappa shape index (κ3) is 6.00. The van der Waals surface area contributed by atoms with Crippen molar-refractivity contribution < 1.29 is 14.7 Å². The van der Waals surface area contributed by atoms with E-state index < -0.39 is 5.97 Å². The predicted molar refractivity (Wildman–Crippen MR) is 75.2 cm³/mol. The number of carbonyl (C=O) groups is 2. The topological polar surface area (TPSA) is 69.6 Å². The zero-order valence-electron chi connectivity index (χ0n) is 9.72. The molecule has 0 aliphatic rings. The number of amides is 1. The molecule has 1 aromatic rings. The average molecular weight is 338 g/mol. The quantitative estimate of drug-likeness (QED) is 0.860. The lowest BCUT2D eigenvalue weighted by atomic mass is 10.3. The first-order valence-electron chi connectivity index (χ1n) is 4.93. The van der Waals surface area contributed by atoms with Crippen molar-refractivity contribution in [3.8, 4) is 0 Å². The van der Waals surface area contributed by atoms with Crippen LogP contribution >= 0.6 is 28.3 Å². The highest BCUT2D eigenvalue weighted by molar-refractivity contribution is 9.10. The van der Waals surface area contributed by atoms with Gasteiger partial charge in [-0.2, -0.15) is 0 Å². The molecule has 2 N–H and O–H groups in total. The van der Waals surface area contributed by atoms with E-state index in [4.69, 9.17) is 5.11 Å². The van der Waals surface area contributed by atoms with Gasteiger partial charge in [0.1, 0.15) is 0 Å². The maximum Gasteiger partial charge on any atom is 0.317 e. The summed E-state index contributed by atoms with van der Waals surface area (Å²) in [6.45, 7) is -0.128. The fraction of sp³-hybridized carbons (Fsp3) is 0.273. The minimum atomic E-state index is -0.957. The van der Waals surface area contributed by atoms with Crippen molar-refractivity contribution in [1.82, 2.24) is 4.90 Å². The fourth-order valence-electron chi connectivity index (χ4n) is 1.28. The van der Waals surface area contributed by atoms with Crippen LogP contribution in [0.15, 0.2) is 28.7 Å². The molecule has 0 aliphatic heterocycles. The SMILES string of the molecule is CN(CC(=O)O)CC(=O)Nc1ccccc1Br.Cl. The second kappa shape index (κ2) is 8.07. The van der Waals surface area contributed by atoms with Gasteiger partial charge in [0.15, 0.2) is 0 Å². The van der Waals surface area contributed by atoms with Gasteiger partial charge in [0.05, 0.1) is 18.8 Å². The number of hydrogen-bond acceptors (Lipinski definition) is 3. The van der Waals surface area contributed by atoms with Crippen molar-refractivity contribution in [1.29, 1.82) is 0 Å². The van der Waals surface area contributed by atoms with E-state index in [-0.39, 0.29) is 31.4 Å². The molecule has 0 spiro atoms. The summed E-state index contributed by atoms with van der Waals surface area (Å²) in [6, 6.07) is 7.23. The number of rotatable bonds is 5. The van der Waals surface area contributed by atoms with Gasteiger partial charge in [0.2, 0.25) is 5.91 Å². The molecule has 0 bridgehead atoms. The van der Waals surface area contributed by atoms with Gasteiger partial charge in [-0.25, -0.2) is 0 Å². The van der Waals surface area contributed by atoms with Crippen LogP contribution in [0.5, 0.6) is 0 Å². The van der Waals surface area contributed by atoms with E-state index in [1.165, 1.54) is 4.90 Å². The summed E-state index contributed by atoms with van der Waals surface area (Å²) in [6.07, 6.45) is 0. The summed E-state index contributed by atoms with van der Waals surface area (Å²) < 4.78 is 0.786. The van der Waals surface area contributed by atoms with Crippen molar-refractivity contribution in [2.24, 2.45) is 0 Å².